The van der Waals surface area contributed by atoms with E-state index in [1.165, 1.54) is 5.56 Å². The summed E-state index contributed by atoms with van der Waals surface area (Å²) in [5.74, 6) is 0. The van der Waals surface area contributed by atoms with Gasteiger partial charge in [-0.2, -0.15) is 0 Å². The van der Waals surface area contributed by atoms with Gasteiger partial charge < -0.3 is 19.9 Å². The molecular weight excluding hydrogens is 218 g/mol. The van der Waals surface area contributed by atoms with E-state index in [0.29, 0.717) is 19.8 Å². The third kappa shape index (κ3) is 6.38. The van der Waals surface area contributed by atoms with E-state index >= 15 is 0 Å². The molecule has 0 radical (unpaired) electrons. The molecule has 0 saturated heterocycles. The summed E-state index contributed by atoms with van der Waals surface area (Å²) in [6.07, 6.45) is 0. The van der Waals surface area contributed by atoms with Gasteiger partial charge in [-0.25, -0.2) is 0 Å². The van der Waals surface area contributed by atoms with Gasteiger partial charge in [0.1, 0.15) is 0 Å². The Bertz CT molecular complexity index is 287. The maximum Gasteiger partial charge on any atom is 0.0700 e. The molecule has 1 rings (SSSR count). The van der Waals surface area contributed by atoms with Crippen LogP contribution >= 0.6 is 0 Å². The highest BCUT2D eigenvalue weighted by Crippen LogP contribution is 2.03. The lowest BCUT2D eigenvalue weighted by molar-refractivity contribution is 0.0719. The number of aliphatic hydroxyl groups excluding tert-OH is 1. The smallest absolute Gasteiger partial charge is 0.0700 e. The van der Waals surface area contributed by atoms with Crippen LogP contribution in [0, 0.1) is 0 Å². The molecule has 0 spiro atoms. The van der Waals surface area contributed by atoms with Crippen LogP contribution in [0.4, 0.5) is 0 Å². The summed E-state index contributed by atoms with van der Waals surface area (Å²) in [5, 5.41) is 12.2. The largest absolute Gasteiger partial charge is 0.392 e. The molecule has 1 aromatic rings. The zero-order valence-corrected chi connectivity index (χ0v) is 10.3. The topological polar surface area (TPSA) is 50.7 Å². The fourth-order valence-corrected chi connectivity index (χ4v) is 1.38. The van der Waals surface area contributed by atoms with Crippen LogP contribution in [0.2, 0.25) is 0 Å². The number of methoxy groups -OCH3 is 1. The van der Waals surface area contributed by atoms with Gasteiger partial charge in [-0.3, -0.25) is 0 Å². The van der Waals surface area contributed by atoms with Crippen LogP contribution in [0.3, 0.4) is 0 Å². The summed E-state index contributed by atoms with van der Waals surface area (Å²) in [6, 6.07) is 7.91. The van der Waals surface area contributed by atoms with Gasteiger partial charge in [0.2, 0.25) is 0 Å². The van der Waals surface area contributed by atoms with Crippen molar-refractivity contribution in [2.75, 3.05) is 33.5 Å². The summed E-state index contributed by atoms with van der Waals surface area (Å²) in [7, 11) is 1.66. The number of hydrogen-bond donors (Lipinski definition) is 2. The second kappa shape index (κ2) is 9.13. The highest BCUT2D eigenvalue weighted by Gasteiger charge is 1.94. The van der Waals surface area contributed by atoms with Crippen molar-refractivity contribution in [3.8, 4) is 0 Å². The van der Waals surface area contributed by atoms with Gasteiger partial charge in [0.05, 0.1) is 26.4 Å². The molecule has 0 aliphatic rings. The first kappa shape index (κ1) is 14.1. The molecule has 0 aliphatic carbocycles. The zero-order chi connectivity index (χ0) is 12.3. The molecule has 0 aliphatic heterocycles. The van der Waals surface area contributed by atoms with Crippen molar-refractivity contribution >= 4 is 0 Å². The van der Waals surface area contributed by atoms with Crippen molar-refractivity contribution in [3.05, 3.63) is 35.4 Å². The molecule has 1 aromatic carbocycles. The minimum Gasteiger partial charge on any atom is -0.392 e. The van der Waals surface area contributed by atoms with Gasteiger partial charge in [-0.05, 0) is 11.1 Å². The van der Waals surface area contributed by atoms with Gasteiger partial charge in [0, 0.05) is 20.2 Å². The highest BCUT2D eigenvalue weighted by molar-refractivity contribution is 5.21. The monoisotopic (exact) mass is 239 g/mol. The molecule has 2 N–H and O–H groups in total. The number of rotatable bonds is 9. The van der Waals surface area contributed by atoms with Crippen molar-refractivity contribution in [3.63, 3.8) is 0 Å². The first-order chi connectivity index (χ1) is 8.36. The van der Waals surface area contributed by atoms with Gasteiger partial charge in [-0.15, -0.1) is 0 Å². The van der Waals surface area contributed by atoms with E-state index in [9.17, 15) is 0 Å². The fraction of sp³-hybridized carbons (Fsp3) is 0.538. The Balaban J connectivity index is 2.05. The van der Waals surface area contributed by atoms with Crippen LogP contribution in [0.25, 0.3) is 0 Å². The summed E-state index contributed by atoms with van der Waals surface area (Å²) < 4.78 is 10.2. The van der Waals surface area contributed by atoms with E-state index in [1.54, 1.807) is 7.11 Å². The lowest BCUT2D eigenvalue weighted by Crippen LogP contribution is -2.20. The Morgan fingerprint density at radius 3 is 2.41 bits per heavy atom. The Morgan fingerprint density at radius 2 is 1.76 bits per heavy atom. The Morgan fingerprint density at radius 1 is 1.06 bits per heavy atom. The minimum atomic E-state index is 0.0983. The van der Waals surface area contributed by atoms with Crippen LogP contribution in [0.1, 0.15) is 11.1 Å². The van der Waals surface area contributed by atoms with Crippen molar-refractivity contribution in [2.24, 2.45) is 0 Å². The van der Waals surface area contributed by atoms with Crippen molar-refractivity contribution < 1.29 is 14.6 Å². The second-order valence-corrected chi connectivity index (χ2v) is 3.76. The Hall–Kier alpha value is -0.940. The molecule has 0 aromatic heterocycles. The molecule has 0 heterocycles. The molecule has 17 heavy (non-hydrogen) atoms. The number of aliphatic hydroxyl groups is 1. The van der Waals surface area contributed by atoms with Crippen LogP contribution in [-0.2, 0) is 22.6 Å². The Labute approximate surface area is 103 Å². The number of benzene rings is 1. The van der Waals surface area contributed by atoms with Crippen LogP contribution in [-0.4, -0.2) is 38.6 Å². The lowest BCUT2D eigenvalue weighted by Gasteiger charge is -2.06. The number of hydrogen-bond acceptors (Lipinski definition) is 4. The van der Waals surface area contributed by atoms with Gasteiger partial charge >= 0.3 is 0 Å². The summed E-state index contributed by atoms with van der Waals surface area (Å²) in [5.41, 5.74) is 2.15. The van der Waals surface area contributed by atoms with Crippen molar-refractivity contribution in [1.29, 1.82) is 0 Å². The maximum absolute atomic E-state index is 8.90. The predicted octanol–water partition coefficient (Wildman–Crippen LogP) is 0.931. The summed E-state index contributed by atoms with van der Waals surface area (Å²) >= 11 is 0. The summed E-state index contributed by atoms with van der Waals surface area (Å²) in [4.78, 5) is 0. The molecule has 0 atom stereocenters. The first-order valence-electron chi connectivity index (χ1n) is 5.83. The van der Waals surface area contributed by atoms with Gasteiger partial charge in [-0.1, -0.05) is 24.3 Å². The Kier molecular flexibility index (Phi) is 7.58. The molecular formula is C13H21NO3. The zero-order valence-electron chi connectivity index (χ0n) is 10.3. The number of nitrogens with one attached hydrogen (secondary N) is 1. The van der Waals surface area contributed by atoms with E-state index in [1.807, 2.05) is 24.3 Å². The van der Waals surface area contributed by atoms with E-state index in [0.717, 1.165) is 18.7 Å². The standard InChI is InChI=1S/C13H21NO3/c1-16-8-9-17-7-6-14-10-12-2-4-13(11-15)5-3-12/h2-5,14-15H,6-11H2,1H3. The summed E-state index contributed by atoms with van der Waals surface area (Å²) in [6.45, 7) is 3.72. The van der Waals surface area contributed by atoms with Gasteiger partial charge in [0.15, 0.2) is 0 Å². The van der Waals surface area contributed by atoms with Crippen molar-refractivity contribution in [2.45, 2.75) is 13.2 Å². The van der Waals surface area contributed by atoms with Crippen LogP contribution in [0.5, 0.6) is 0 Å². The van der Waals surface area contributed by atoms with E-state index in [-0.39, 0.29) is 6.61 Å². The molecule has 96 valence electrons. The third-order valence-electron chi connectivity index (χ3n) is 2.39. The quantitative estimate of drug-likeness (QED) is 0.629. The molecule has 0 unspecified atom stereocenters. The van der Waals surface area contributed by atoms with E-state index in [2.05, 4.69) is 5.32 Å². The first-order valence-corrected chi connectivity index (χ1v) is 5.83. The van der Waals surface area contributed by atoms with Crippen molar-refractivity contribution in [1.82, 2.24) is 5.32 Å². The molecule has 0 saturated carbocycles. The van der Waals surface area contributed by atoms with E-state index in [4.69, 9.17) is 14.6 Å². The normalized spacial score (nSPS) is 10.7. The minimum absolute atomic E-state index is 0.0983. The molecule has 0 fully saturated rings. The van der Waals surface area contributed by atoms with E-state index < -0.39 is 0 Å². The lowest BCUT2D eigenvalue weighted by atomic mass is 10.1. The molecule has 4 nitrogen and oxygen atoms in total. The highest BCUT2D eigenvalue weighted by atomic mass is 16.5. The fourth-order valence-electron chi connectivity index (χ4n) is 1.38. The van der Waals surface area contributed by atoms with Crippen LogP contribution in [0.15, 0.2) is 24.3 Å². The van der Waals surface area contributed by atoms with Crippen LogP contribution < -0.4 is 5.32 Å². The average Bonchev–Trinajstić information content (AvgIpc) is 2.38. The number of ether oxygens (including phenoxy) is 2. The average molecular weight is 239 g/mol. The second-order valence-electron chi connectivity index (χ2n) is 3.76. The molecule has 0 amide bonds. The van der Waals surface area contributed by atoms with Gasteiger partial charge in [0.25, 0.3) is 0 Å². The molecule has 0 bridgehead atoms. The predicted molar refractivity (Wildman–Crippen MR) is 66.8 cm³/mol. The molecule has 4 heteroatoms. The maximum atomic E-state index is 8.90. The SMILES string of the molecule is COCCOCCNCc1ccc(CO)cc1. The third-order valence-corrected chi connectivity index (χ3v) is 2.39.